The number of alkyl halides is 3. The topological polar surface area (TPSA) is 98.8 Å². The second kappa shape index (κ2) is 10.5. The summed E-state index contributed by atoms with van der Waals surface area (Å²) >= 11 is 0. The molecule has 1 saturated heterocycles. The molecule has 8 nitrogen and oxygen atoms in total. The summed E-state index contributed by atoms with van der Waals surface area (Å²) in [6.07, 6.45) is -4.53. The molecule has 1 fully saturated rings. The summed E-state index contributed by atoms with van der Waals surface area (Å²) in [5.41, 5.74) is -0.361. The molecule has 1 aliphatic heterocycles. The molecular formula is C22H25F3N4O4S. The Balaban J connectivity index is 1.56. The summed E-state index contributed by atoms with van der Waals surface area (Å²) in [6.45, 7) is 3.12. The summed E-state index contributed by atoms with van der Waals surface area (Å²) in [4.78, 5) is 26.8. The van der Waals surface area contributed by atoms with Gasteiger partial charge in [0.05, 0.1) is 17.9 Å². The molecule has 1 heterocycles. The van der Waals surface area contributed by atoms with Crippen molar-refractivity contribution in [2.24, 2.45) is 0 Å². The number of sulfonamides is 1. The average Bonchev–Trinajstić information content (AvgIpc) is 2.79. The van der Waals surface area contributed by atoms with Crippen molar-refractivity contribution in [3.63, 3.8) is 0 Å². The van der Waals surface area contributed by atoms with E-state index in [0.717, 1.165) is 12.1 Å². The Kier molecular flexibility index (Phi) is 7.95. The number of anilines is 2. The zero-order valence-corrected chi connectivity index (χ0v) is 19.2. The van der Waals surface area contributed by atoms with Crippen LogP contribution in [0.2, 0.25) is 0 Å². The SMILES string of the molecule is CCS(=O)(=O)N1CCN(CC(=O)Nc2cccc(C(=O)Nc3cccc(C(F)(F)F)c3)c2)CC1. The minimum Gasteiger partial charge on any atom is -0.325 e. The van der Waals surface area contributed by atoms with E-state index < -0.39 is 27.7 Å². The molecule has 12 heteroatoms. The summed E-state index contributed by atoms with van der Waals surface area (Å²) in [5, 5.41) is 5.11. The van der Waals surface area contributed by atoms with Crippen LogP contribution in [0.15, 0.2) is 48.5 Å². The van der Waals surface area contributed by atoms with E-state index in [-0.39, 0.29) is 29.5 Å². The van der Waals surface area contributed by atoms with Gasteiger partial charge in [-0.25, -0.2) is 8.42 Å². The van der Waals surface area contributed by atoms with Gasteiger partial charge in [0, 0.05) is 43.1 Å². The number of amides is 2. The normalized spacial score (nSPS) is 15.6. The van der Waals surface area contributed by atoms with Crippen LogP contribution in [-0.4, -0.2) is 67.9 Å². The quantitative estimate of drug-likeness (QED) is 0.612. The van der Waals surface area contributed by atoms with Crippen molar-refractivity contribution in [1.29, 1.82) is 0 Å². The molecular weight excluding hydrogens is 473 g/mol. The van der Waals surface area contributed by atoms with Crippen molar-refractivity contribution in [2.75, 3.05) is 49.1 Å². The number of hydrogen-bond donors (Lipinski definition) is 2. The van der Waals surface area contributed by atoms with E-state index in [1.807, 2.05) is 4.90 Å². The molecule has 0 atom stereocenters. The van der Waals surface area contributed by atoms with Gasteiger partial charge in [-0.05, 0) is 43.3 Å². The Morgan fingerprint density at radius 2 is 1.56 bits per heavy atom. The Labute approximate surface area is 195 Å². The number of halogens is 3. The van der Waals surface area contributed by atoms with Crippen molar-refractivity contribution in [3.8, 4) is 0 Å². The maximum atomic E-state index is 12.9. The number of nitrogens with zero attached hydrogens (tertiary/aromatic N) is 2. The number of hydrogen-bond acceptors (Lipinski definition) is 5. The van der Waals surface area contributed by atoms with E-state index in [1.54, 1.807) is 19.1 Å². The monoisotopic (exact) mass is 498 g/mol. The Bertz CT molecular complexity index is 1150. The highest BCUT2D eigenvalue weighted by atomic mass is 32.2. The lowest BCUT2D eigenvalue weighted by Crippen LogP contribution is -2.50. The third-order valence-electron chi connectivity index (χ3n) is 5.31. The van der Waals surface area contributed by atoms with E-state index in [2.05, 4.69) is 10.6 Å². The van der Waals surface area contributed by atoms with Crippen molar-refractivity contribution < 1.29 is 31.2 Å². The molecule has 2 aromatic carbocycles. The van der Waals surface area contributed by atoms with E-state index in [4.69, 9.17) is 0 Å². The molecule has 2 aromatic rings. The third kappa shape index (κ3) is 6.78. The van der Waals surface area contributed by atoms with Gasteiger partial charge in [-0.15, -0.1) is 0 Å². The van der Waals surface area contributed by atoms with Crippen molar-refractivity contribution >= 4 is 33.2 Å². The maximum Gasteiger partial charge on any atom is 0.416 e. The van der Waals surface area contributed by atoms with Crippen LogP contribution in [0.4, 0.5) is 24.5 Å². The molecule has 0 aromatic heterocycles. The standard InChI is InChI=1S/C22H25F3N4O4S/c1-2-34(32,33)29-11-9-28(10-12-29)15-20(30)26-18-7-3-5-16(13-18)21(31)27-19-8-4-6-17(14-19)22(23,24)25/h3-8,13-14H,2,9-12,15H2,1H3,(H,26,30)(H,27,31). The Hall–Kier alpha value is -2.96. The first-order chi connectivity index (χ1) is 16.0. The van der Waals surface area contributed by atoms with Crippen LogP contribution in [0.25, 0.3) is 0 Å². The predicted molar refractivity (Wildman–Crippen MR) is 122 cm³/mol. The molecule has 0 unspecified atom stereocenters. The first-order valence-electron chi connectivity index (χ1n) is 10.6. The fourth-order valence-corrected chi connectivity index (χ4v) is 4.55. The molecule has 0 saturated carbocycles. The van der Waals surface area contributed by atoms with E-state index >= 15 is 0 Å². The second-order valence-corrected chi connectivity index (χ2v) is 10.00. The fraction of sp³-hybridized carbons (Fsp3) is 0.364. The van der Waals surface area contributed by atoms with Crippen LogP contribution in [0.5, 0.6) is 0 Å². The van der Waals surface area contributed by atoms with Crippen molar-refractivity contribution in [2.45, 2.75) is 13.1 Å². The van der Waals surface area contributed by atoms with Gasteiger partial charge in [0.2, 0.25) is 15.9 Å². The molecule has 0 spiro atoms. The van der Waals surface area contributed by atoms with Crippen molar-refractivity contribution in [1.82, 2.24) is 9.21 Å². The van der Waals surface area contributed by atoms with Crippen LogP contribution in [-0.2, 0) is 21.0 Å². The smallest absolute Gasteiger partial charge is 0.325 e. The zero-order chi connectivity index (χ0) is 24.9. The average molecular weight is 499 g/mol. The van der Waals surface area contributed by atoms with Crippen molar-refractivity contribution in [3.05, 3.63) is 59.7 Å². The molecule has 0 radical (unpaired) electrons. The van der Waals surface area contributed by atoms with Gasteiger partial charge in [0.15, 0.2) is 0 Å². The highest BCUT2D eigenvalue weighted by Crippen LogP contribution is 2.30. The summed E-state index contributed by atoms with van der Waals surface area (Å²) < 4.78 is 63.9. The van der Waals surface area contributed by atoms with Crippen LogP contribution in [0, 0.1) is 0 Å². The summed E-state index contributed by atoms with van der Waals surface area (Å²) in [7, 11) is -3.25. The van der Waals surface area contributed by atoms with Gasteiger partial charge in [0.25, 0.3) is 5.91 Å². The molecule has 0 bridgehead atoms. The Morgan fingerprint density at radius 1 is 0.941 bits per heavy atom. The number of carbonyl (C=O) groups excluding carboxylic acids is 2. The highest BCUT2D eigenvalue weighted by Gasteiger charge is 2.30. The molecule has 1 aliphatic rings. The number of carbonyl (C=O) groups is 2. The lowest BCUT2D eigenvalue weighted by molar-refractivity contribution is -0.137. The van der Waals surface area contributed by atoms with Crippen LogP contribution in [0.1, 0.15) is 22.8 Å². The maximum absolute atomic E-state index is 12.9. The van der Waals surface area contributed by atoms with Gasteiger partial charge in [-0.2, -0.15) is 17.5 Å². The first kappa shape index (κ1) is 25.7. The lowest BCUT2D eigenvalue weighted by atomic mass is 10.1. The number of nitrogens with one attached hydrogen (secondary N) is 2. The van der Waals surface area contributed by atoms with Crippen LogP contribution in [0.3, 0.4) is 0 Å². The van der Waals surface area contributed by atoms with Gasteiger partial charge < -0.3 is 10.6 Å². The van der Waals surface area contributed by atoms with E-state index in [1.165, 1.54) is 28.6 Å². The minimum absolute atomic E-state index is 0.00140. The minimum atomic E-state index is -4.53. The molecule has 34 heavy (non-hydrogen) atoms. The number of rotatable bonds is 7. The lowest BCUT2D eigenvalue weighted by Gasteiger charge is -2.33. The third-order valence-corrected chi connectivity index (χ3v) is 7.19. The van der Waals surface area contributed by atoms with Crippen LogP contribution >= 0.6 is 0 Å². The van der Waals surface area contributed by atoms with Gasteiger partial charge in [-0.1, -0.05) is 12.1 Å². The highest BCUT2D eigenvalue weighted by molar-refractivity contribution is 7.89. The number of benzene rings is 2. The Morgan fingerprint density at radius 3 is 2.18 bits per heavy atom. The van der Waals surface area contributed by atoms with Crippen LogP contribution < -0.4 is 10.6 Å². The first-order valence-corrected chi connectivity index (χ1v) is 12.2. The number of piperazine rings is 1. The molecule has 0 aliphatic carbocycles. The predicted octanol–water partition coefficient (Wildman–Crippen LogP) is 2.86. The van der Waals surface area contributed by atoms with Gasteiger partial charge >= 0.3 is 6.18 Å². The summed E-state index contributed by atoms with van der Waals surface area (Å²) in [5.74, 6) is -0.920. The van der Waals surface area contributed by atoms with Gasteiger partial charge in [0.1, 0.15) is 0 Å². The molecule has 2 amide bonds. The largest absolute Gasteiger partial charge is 0.416 e. The fourth-order valence-electron chi connectivity index (χ4n) is 3.47. The molecule has 184 valence electrons. The zero-order valence-electron chi connectivity index (χ0n) is 18.4. The van der Waals surface area contributed by atoms with E-state index in [0.29, 0.717) is 31.9 Å². The molecule has 3 rings (SSSR count). The van der Waals surface area contributed by atoms with Gasteiger partial charge in [-0.3, -0.25) is 14.5 Å². The summed E-state index contributed by atoms with van der Waals surface area (Å²) in [6, 6.07) is 10.3. The van der Waals surface area contributed by atoms with E-state index in [9.17, 15) is 31.2 Å². The second-order valence-electron chi connectivity index (χ2n) is 7.74. The molecule has 2 N–H and O–H groups in total.